The smallest absolute Gasteiger partial charge is 0.272 e. The number of nitrogens with zero attached hydrogens (tertiary/aromatic N) is 3. The van der Waals surface area contributed by atoms with Crippen molar-refractivity contribution in [3.63, 3.8) is 0 Å². The number of rotatable bonds is 4. The van der Waals surface area contributed by atoms with E-state index in [2.05, 4.69) is 14.8 Å². The highest BCUT2D eigenvalue weighted by molar-refractivity contribution is 5.92. The number of piperidine rings is 1. The number of aromatic nitrogens is 1. The highest BCUT2D eigenvalue weighted by Gasteiger charge is 2.46. The van der Waals surface area contributed by atoms with Crippen LogP contribution in [0, 0.1) is 18.8 Å². The zero-order chi connectivity index (χ0) is 16.7. The fraction of sp³-hybridized carbons (Fsp3) is 0.684. The van der Waals surface area contributed by atoms with Gasteiger partial charge in [0.15, 0.2) is 0 Å². The van der Waals surface area contributed by atoms with Gasteiger partial charge in [0.2, 0.25) is 0 Å². The van der Waals surface area contributed by atoms with E-state index in [1.165, 1.54) is 19.4 Å². The molecule has 1 aliphatic carbocycles. The van der Waals surface area contributed by atoms with Crippen molar-refractivity contribution >= 4 is 5.91 Å². The van der Waals surface area contributed by atoms with Gasteiger partial charge >= 0.3 is 0 Å². The summed E-state index contributed by atoms with van der Waals surface area (Å²) in [6, 6.07) is 4.08. The van der Waals surface area contributed by atoms with Crippen molar-refractivity contribution in [2.75, 3.05) is 33.3 Å². The molecule has 0 unspecified atom stereocenters. The molecule has 0 aromatic carbocycles. The molecule has 3 fully saturated rings. The number of hydrogen-bond acceptors (Lipinski definition) is 4. The SMILES string of the molecule is CO[C@H]1CCN(C(=O)c2ccc(C)cn2)[C@@H]2CN(CC3CC3)C[C@H]12. The summed E-state index contributed by atoms with van der Waals surface area (Å²) >= 11 is 0. The maximum absolute atomic E-state index is 13.0. The molecule has 3 aliphatic rings. The molecular formula is C19H27N3O2. The van der Waals surface area contributed by atoms with Crippen molar-refractivity contribution in [3.05, 3.63) is 29.6 Å². The van der Waals surface area contributed by atoms with Crippen LogP contribution < -0.4 is 0 Å². The molecule has 2 saturated heterocycles. The molecule has 5 nitrogen and oxygen atoms in total. The molecule has 0 bridgehead atoms. The standard InChI is InChI=1S/C19H27N3O2/c1-13-3-6-16(20-9-13)19(23)22-8-7-18(24-2)15-11-21(12-17(15)22)10-14-4-5-14/h3,6,9,14-15,17-18H,4-5,7-8,10-12H2,1-2H3/t15-,17+,18-/m0/s1. The summed E-state index contributed by atoms with van der Waals surface area (Å²) in [6.07, 6.45) is 5.72. The summed E-state index contributed by atoms with van der Waals surface area (Å²) in [5, 5.41) is 0. The van der Waals surface area contributed by atoms with Gasteiger partial charge in [0, 0.05) is 45.4 Å². The van der Waals surface area contributed by atoms with Crippen LogP contribution in [-0.2, 0) is 4.74 Å². The average molecular weight is 329 g/mol. The second-order valence-corrected chi connectivity index (χ2v) is 7.68. The Balaban J connectivity index is 1.52. The van der Waals surface area contributed by atoms with Crippen molar-refractivity contribution in [1.82, 2.24) is 14.8 Å². The molecule has 3 atom stereocenters. The van der Waals surface area contributed by atoms with Crippen molar-refractivity contribution in [2.24, 2.45) is 11.8 Å². The van der Waals surface area contributed by atoms with Crippen LogP contribution in [0.2, 0.25) is 0 Å². The first kappa shape index (κ1) is 16.0. The summed E-state index contributed by atoms with van der Waals surface area (Å²) in [7, 11) is 1.81. The van der Waals surface area contributed by atoms with Gasteiger partial charge in [-0.05, 0) is 43.7 Å². The van der Waals surface area contributed by atoms with Crippen LogP contribution in [0.1, 0.15) is 35.3 Å². The van der Waals surface area contributed by atoms with E-state index >= 15 is 0 Å². The summed E-state index contributed by atoms with van der Waals surface area (Å²) < 4.78 is 5.74. The quantitative estimate of drug-likeness (QED) is 0.847. The molecule has 24 heavy (non-hydrogen) atoms. The number of likely N-dealkylation sites (tertiary alicyclic amines) is 2. The van der Waals surface area contributed by atoms with Crippen LogP contribution in [-0.4, -0.2) is 66.1 Å². The number of hydrogen-bond donors (Lipinski definition) is 0. The lowest BCUT2D eigenvalue weighted by Crippen LogP contribution is -2.53. The second kappa shape index (κ2) is 6.45. The minimum absolute atomic E-state index is 0.0767. The zero-order valence-electron chi connectivity index (χ0n) is 14.6. The fourth-order valence-electron chi connectivity index (χ4n) is 4.34. The number of aryl methyl sites for hydroxylation is 1. The lowest BCUT2D eigenvalue weighted by molar-refractivity contribution is -0.0158. The lowest BCUT2D eigenvalue weighted by atomic mass is 9.88. The molecule has 1 aromatic heterocycles. The normalized spacial score (nSPS) is 30.4. The highest BCUT2D eigenvalue weighted by Crippen LogP contribution is 2.36. The van der Waals surface area contributed by atoms with Gasteiger partial charge < -0.3 is 14.5 Å². The molecule has 0 N–H and O–H groups in total. The third-order valence-electron chi connectivity index (χ3n) is 5.85. The molecule has 0 radical (unpaired) electrons. The number of carbonyl (C=O) groups excluding carboxylic acids is 1. The van der Waals surface area contributed by atoms with Crippen LogP contribution >= 0.6 is 0 Å². The average Bonchev–Trinajstić information content (AvgIpc) is 3.30. The van der Waals surface area contributed by atoms with Crippen molar-refractivity contribution in [2.45, 2.75) is 38.3 Å². The van der Waals surface area contributed by atoms with Crippen molar-refractivity contribution in [3.8, 4) is 0 Å². The summed E-state index contributed by atoms with van der Waals surface area (Å²) in [5.41, 5.74) is 1.65. The van der Waals surface area contributed by atoms with Crippen LogP contribution in [0.25, 0.3) is 0 Å². The van der Waals surface area contributed by atoms with Gasteiger partial charge in [-0.15, -0.1) is 0 Å². The Morgan fingerprint density at radius 2 is 2.12 bits per heavy atom. The van der Waals surface area contributed by atoms with Gasteiger partial charge in [0.05, 0.1) is 12.1 Å². The Morgan fingerprint density at radius 1 is 1.29 bits per heavy atom. The van der Waals surface area contributed by atoms with Crippen LogP contribution in [0.3, 0.4) is 0 Å². The minimum atomic E-state index is 0.0767. The number of fused-ring (bicyclic) bond motifs is 1. The van der Waals surface area contributed by atoms with Crippen molar-refractivity contribution in [1.29, 1.82) is 0 Å². The van der Waals surface area contributed by atoms with Crippen LogP contribution in [0.5, 0.6) is 0 Å². The van der Waals surface area contributed by atoms with E-state index in [1.54, 1.807) is 6.20 Å². The Labute approximate surface area is 144 Å². The molecule has 5 heteroatoms. The van der Waals surface area contributed by atoms with Gasteiger partial charge in [0.25, 0.3) is 5.91 Å². The van der Waals surface area contributed by atoms with E-state index in [0.29, 0.717) is 11.6 Å². The Bertz CT molecular complexity index is 599. The molecule has 1 saturated carbocycles. The van der Waals surface area contributed by atoms with Gasteiger partial charge in [-0.3, -0.25) is 9.78 Å². The lowest BCUT2D eigenvalue weighted by Gasteiger charge is -2.41. The number of pyridine rings is 1. The van der Waals surface area contributed by atoms with E-state index in [0.717, 1.165) is 37.5 Å². The molecule has 3 heterocycles. The van der Waals surface area contributed by atoms with E-state index in [4.69, 9.17) is 4.74 Å². The molecular weight excluding hydrogens is 302 g/mol. The first-order valence-corrected chi connectivity index (χ1v) is 9.14. The minimum Gasteiger partial charge on any atom is -0.381 e. The predicted octanol–water partition coefficient (Wildman–Crippen LogP) is 1.96. The number of methoxy groups -OCH3 is 1. The van der Waals surface area contributed by atoms with Crippen molar-refractivity contribution < 1.29 is 9.53 Å². The maximum Gasteiger partial charge on any atom is 0.272 e. The first-order valence-electron chi connectivity index (χ1n) is 9.14. The van der Waals surface area contributed by atoms with E-state index in [9.17, 15) is 4.79 Å². The number of carbonyl (C=O) groups is 1. The third-order valence-corrected chi connectivity index (χ3v) is 5.85. The number of amides is 1. The summed E-state index contributed by atoms with van der Waals surface area (Å²) in [6.45, 7) is 6.00. The van der Waals surface area contributed by atoms with Crippen LogP contribution in [0.15, 0.2) is 18.3 Å². The Morgan fingerprint density at radius 3 is 2.79 bits per heavy atom. The van der Waals surface area contributed by atoms with Gasteiger partial charge in [-0.25, -0.2) is 0 Å². The largest absolute Gasteiger partial charge is 0.381 e. The van der Waals surface area contributed by atoms with Gasteiger partial charge in [-0.2, -0.15) is 0 Å². The molecule has 0 spiro atoms. The summed E-state index contributed by atoms with van der Waals surface area (Å²) in [5.74, 6) is 1.39. The Hall–Kier alpha value is -1.46. The molecule has 130 valence electrons. The monoisotopic (exact) mass is 329 g/mol. The maximum atomic E-state index is 13.0. The van der Waals surface area contributed by atoms with E-state index in [-0.39, 0.29) is 18.1 Å². The molecule has 1 aromatic rings. The van der Waals surface area contributed by atoms with E-state index < -0.39 is 0 Å². The molecule has 2 aliphatic heterocycles. The predicted molar refractivity (Wildman–Crippen MR) is 91.9 cm³/mol. The summed E-state index contributed by atoms with van der Waals surface area (Å²) in [4.78, 5) is 22.0. The number of ether oxygens (including phenoxy) is 1. The second-order valence-electron chi connectivity index (χ2n) is 7.68. The topological polar surface area (TPSA) is 45.7 Å². The van der Waals surface area contributed by atoms with Gasteiger partial charge in [-0.1, -0.05) is 6.07 Å². The third kappa shape index (κ3) is 3.07. The zero-order valence-corrected chi connectivity index (χ0v) is 14.6. The first-order chi connectivity index (χ1) is 11.7. The van der Waals surface area contributed by atoms with E-state index in [1.807, 2.05) is 26.2 Å². The van der Waals surface area contributed by atoms with Crippen LogP contribution in [0.4, 0.5) is 0 Å². The highest BCUT2D eigenvalue weighted by atomic mass is 16.5. The molecule has 1 amide bonds. The Kier molecular flexibility index (Phi) is 4.31. The molecule has 4 rings (SSSR count). The van der Waals surface area contributed by atoms with Gasteiger partial charge in [0.1, 0.15) is 5.69 Å². The fourth-order valence-corrected chi connectivity index (χ4v) is 4.34.